The number of benzene rings is 1. The monoisotopic (exact) mass is 317 g/mol. The molecule has 1 saturated heterocycles. The van der Waals surface area contributed by atoms with Gasteiger partial charge in [-0.15, -0.1) is 0 Å². The van der Waals surface area contributed by atoms with Gasteiger partial charge < -0.3 is 15.0 Å². The molecule has 1 aromatic rings. The van der Waals surface area contributed by atoms with E-state index in [1.807, 2.05) is 24.3 Å². The lowest BCUT2D eigenvalue weighted by atomic mass is 10.2. The molecular formula is C18H27N3O2. The van der Waals surface area contributed by atoms with Crippen molar-refractivity contribution in [1.82, 2.24) is 9.80 Å². The van der Waals surface area contributed by atoms with E-state index in [0.29, 0.717) is 12.5 Å². The number of hydrogen-bond donors (Lipinski definition) is 1. The van der Waals surface area contributed by atoms with E-state index >= 15 is 0 Å². The maximum absolute atomic E-state index is 12.1. The van der Waals surface area contributed by atoms with Crippen molar-refractivity contribution in [1.29, 1.82) is 0 Å². The minimum absolute atomic E-state index is 0.118. The second-order valence-electron chi connectivity index (χ2n) is 6.80. The Morgan fingerprint density at radius 2 is 1.96 bits per heavy atom. The molecule has 1 amide bonds. The van der Waals surface area contributed by atoms with Crippen LogP contribution in [0.1, 0.15) is 13.3 Å². The van der Waals surface area contributed by atoms with Gasteiger partial charge in [0.2, 0.25) is 5.91 Å². The largest absolute Gasteiger partial charge is 0.490 e. The molecule has 1 aliphatic carbocycles. The molecule has 0 radical (unpaired) electrons. The molecule has 23 heavy (non-hydrogen) atoms. The smallest absolute Gasteiger partial charge is 0.227 e. The lowest BCUT2D eigenvalue weighted by Crippen LogP contribution is -2.45. The highest BCUT2D eigenvalue weighted by Gasteiger charge is 2.39. The zero-order chi connectivity index (χ0) is 16.2. The van der Waals surface area contributed by atoms with Gasteiger partial charge in [-0.05, 0) is 31.5 Å². The summed E-state index contributed by atoms with van der Waals surface area (Å²) in [4.78, 5) is 16.9. The van der Waals surface area contributed by atoms with Gasteiger partial charge in [-0.2, -0.15) is 0 Å². The quantitative estimate of drug-likeness (QED) is 0.870. The van der Waals surface area contributed by atoms with Crippen LogP contribution in [-0.4, -0.2) is 62.1 Å². The zero-order valence-electron chi connectivity index (χ0n) is 14.1. The van der Waals surface area contributed by atoms with Gasteiger partial charge in [0.05, 0.1) is 5.69 Å². The van der Waals surface area contributed by atoms with Crippen molar-refractivity contribution in [2.45, 2.75) is 13.3 Å². The molecule has 2 aliphatic rings. The van der Waals surface area contributed by atoms with Crippen LogP contribution in [-0.2, 0) is 4.79 Å². The lowest BCUT2D eigenvalue weighted by Gasteiger charge is -2.32. The van der Waals surface area contributed by atoms with Crippen LogP contribution in [0.2, 0.25) is 0 Å². The Kier molecular flexibility index (Phi) is 5.18. The number of nitrogens with one attached hydrogen (secondary N) is 1. The van der Waals surface area contributed by atoms with Gasteiger partial charge in [-0.25, -0.2) is 0 Å². The fraction of sp³-hybridized carbons (Fsp3) is 0.611. The van der Waals surface area contributed by atoms with Crippen molar-refractivity contribution in [2.24, 2.45) is 11.8 Å². The Balaban J connectivity index is 1.48. The first-order valence-electron chi connectivity index (χ1n) is 8.57. The number of hydrogen-bond acceptors (Lipinski definition) is 4. The van der Waals surface area contributed by atoms with Crippen molar-refractivity contribution in [3.05, 3.63) is 24.3 Å². The summed E-state index contributed by atoms with van der Waals surface area (Å²) in [6.45, 7) is 8.11. The average Bonchev–Trinajstić information content (AvgIpc) is 3.28. The fourth-order valence-electron chi connectivity index (χ4n) is 2.96. The SMILES string of the molecule is C[C@@H]1C[C@H]1C(=O)Nc1ccccc1OCCN1CCN(C)CC1. The number of likely N-dealkylation sites (N-methyl/N-ethyl adjacent to an activating group) is 1. The van der Waals surface area contributed by atoms with Crippen molar-refractivity contribution < 1.29 is 9.53 Å². The summed E-state index contributed by atoms with van der Waals surface area (Å²) < 4.78 is 5.92. The summed E-state index contributed by atoms with van der Waals surface area (Å²) >= 11 is 0. The van der Waals surface area contributed by atoms with Gasteiger partial charge in [-0.1, -0.05) is 19.1 Å². The van der Waals surface area contributed by atoms with E-state index in [-0.39, 0.29) is 11.8 Å². The van der Waals surface area contributed by atoms with Crippen molar-refractivity contribution in [2.75, 3.05) is 51.7 Å². The van der Waals surface area contributed by atoms with E-state index in [9.17, 15) is 4.79 Å². The van der Waals surface area contributed by atoms with Gasteiger partial charge in [0.1, 0.15) is 12.4 Å². The number of amides is 1. The van der Waals surface area contributed by atoms with Gasteiger partial charge in [-0.3, -0.25) is 9.69 Å². The van der Waals surface area contributed by atoms with Crippen LogP contribution < -0.4 is 10.1 Å². The summed E-state index contributed by atoms with van der Waals surface area (Å²) in [6, 6.07) is 7.71. The molecule has 5 heteroatoms. The predicted octanol–water partition coefficient (Wildman–Crippen LogP) is 1.91. The highest BCUT2D eigenvalue weighted by Crippen LogP contribution is 2.39. The Morgan fingerprint density at radius 1 is 1.26 bits per heavy atom. The van der Waals surface area contributed by atoms with Crippen molar-refractivity contribution in [3.8, 4) is 5.75 Å². The number of piperazine rings is 1. The highest BCUT2D eigenvalue weighted by atomic mass is 16.5. The Morgan fingerprint density at radius 3 is 2.65 bits per heavy atom. The van der Waals surface area contributed by atoms with Gasteiger partial charge in [0.15, 0.2) is 0 Å². The predicted molar refractivity (Wildman–Crippen MR) is 91.8 cm³/mol. The third-order valence-electron chi connectivity index (χ3n) is 4.85. The first-order valence-corrected chi connectivity index (χ1v) is 8.57. The number of nitrogens with zero attached hydrogens (tertiary/aromatic N) is 2. The molecule has 1 saturated carbocycles. The van der Waals surface area contributed by atoms with E-state index in [2.05, 4.69) is 29.1 Å². The molecular weight excluding hydrogens is 290 g/mol. The molecule has 2 fully saturated rings. The van der Waals surface area contributed by atoms with Gasteiger partial charge >= 0.3 is 0 Å². The topological polar surface area (TPSA) is 44.8 Å². The minimum Gasteiger partial charge on any atom is -0.490 e. The highest BCUT2D eigenvalue weighted by molar-refractivity contribution is 5.95. The summed E-state index contributed by atoms with van der Waals surface area (Å²) in [5, 5.41) is 3.01. The molecule has 1 N–H and O–H groups in total. The van der Waals surface area contributed by atoms with Crippen LogP contribution >= 0.6 is 0 Å². The normalized spacial score (nSPS) is 25.1. The third kappa shape index (κ3) is 4.45. The van der Waals surface area contributed by atoms with Crippen molar-refractivity contribution >= 4 is 11.6 Å². The first kappa shape index (κ1) is 16.3. The van der Waals surface area contributed by atoms with Crippen LogP contribution in [0, 0.1) is 11.8 Å². The van der Waals surface area contributed by atoms with E-state index in [4.69, 9.17) is 4.74 Å². The standard InChI is InChI=1S/C18H27N3O2/c1-14-13-15(14)18(22)19-16-5-3-4-6-17(16)23-12-11-21-9-7-20(2)8-10-21/h3-6,14-15H,7-13H2,1-2H3,(H,19,22)/t14-,15-/m1/s1. The van der Waals surface area contributed by atoms with Gasteiger partial charge in [0.25, 0.3) is 0 Å². The van der Waals surface area contributed by atoms with Crippen LogP contribution in [0.3, 0.4) is 0 Å². The minimum atomic E-state index is 0.118. The van der Waals surface area contributed by atoms with Crippen LogP contribution in [0.4, 0.5) is 5.69 Å². The molecule has 0 bridgehead atoms. The molecule has 1 aliphatic heterocycles. The lowest BCUT2D eigenvalue weighted by molar-refractivity contribution is -0.117. The van der Waals surface area contributed by atoms with E-state index in [1.165, 1.54) is 0 Å². The average molecular weight is 317 g/mol. The van der Waals surface area contributed by atoms with E-state index < -0.39 is 0 Å². The molecule has 126 valence electrons. The van der Waals surface area contributed by atoms with Crippen LogP contribution in [0.5, 0.6) is 5.75 Å². The second kappa shape index (κ2) is 7.32. The fourth-order valence-corrected chi connectivity index (χ4v) is 2.96. The summed E-state index contributed by atoms with van der Waals surface area (Å²) in [7, 11) is 2.16. The number of ether oxygens (including phenoxy) is 1. The maximum atomic E-state index is 12.1. The van der Waals surface area contributed by atoms with Gasteiger partial charge in [0, 0.05) is 38.6 Å². The molecule has 0 aromatic heterocycles. The maximum Gasteiger partial charge on any atom is 0.227 e. The molecule has 5 nitrogen and oxygen atoms in total. The first-order chi connectivity index (χ1) is 11.1. The van der Waals surface area contributed by atoms with E-state index in [0.717, 1.165) is 50.6 Å². The second-order valence-corrected chi connectivity index (χ2v) is 6.80. The Labute approximate surface area is 138 Å². The van der Waals surface area contributed by atoms with Crippen molar-refractivity contribution in [3.63, 3.8) is 0 Å². The summed E-state index contributed by atoms with van der Waals surface area (Å²) in [5.41, 5.74) is 0.787. The Bertz CT molecular complexity index is 541. The number of carbonyl (C=O) groups is 1. The Hall–Kier alpha value is -1.59. The summed E-state index contributed by atoms with van der Waals surface area (Å²) in [6.07, 6.45) is 0.998. The number of carbonyl (C=O) groups excluding carboxylic acids is 1. The molecule has 2 atom stereocenters. The molecule has 1 heterocycles. The third-order valence-corrected chi connectivity index (χ3v) is 4.85. The molecule has 0 unspecified atom stereocenters. The zero-order valence-corrected chi connectivity index (χ0v) is 14.1. The van der Waals surface area contributed by atoms with E-state index in [1.54, 1.807) is 0 Å². The molecule has 3 rings (SSSR count). The number of para-hydroxylation sites is 2. The van der Waals surface area contributed by atoms with Crippen LogP contribution in [0.15, 0.2) is 24.3 Å². The number of anilines is 1. The number of rotatable bonds is 6. The van der Waals surface area contributed by atoms with Crippen LogP contribution in [0.25, 0.3) is 0 Å². The molecule has 0 spiro atoms. The summed E-state index contributed by atoms with van der Waals surface area (Å²) in [5.74, 6) is 1.57. The molecule has 1 aromatic carbocycles.